The maximum atomic E-state index is 14.4. The van der Waals surface area contributed by atoms with Gasteiger partial charge in [-0.2, -0.15) is 0 Å². The molecule has 1 saturated heterocycles. The minimum atomic E-state index is -0.829. The maximum absolute atomic E-state index is 14.4. The number of hydrogen-bond donors (Lipinski definition) is 0. The average Bonchev–Trinajstić information content (AvgIpc) is 3.29. The minimum Gasteiger partial charge on any atom is -0.444 e. The van der Waals surface area contributed by atoms with Crippen molar-refractivity contribution in [2.24, 2.45) is 5.92 Å². The largest absolute Gasteiger partial charge is 0.444 e. The number of aromatic nitrogens is 1. The molecule has 2 aromatic carbocycles. The second kappa shape index (κ2) is 10.4. The van der Waals surface area contributed by atoms with Crippen LogP contribution in [0.2, 0.25) is 0 Å². The molecule has 2 heterocycles. The summed E-state index contributed by atoms with van der Waals surface area (Å²) in [7, 11) is 0. The predicted molar refractivity (Wildman–Crippen MR) is 146 cm³/mol. The maximum Gasteiger partial charge on any atom is 0.421 e. The Morgan fingerprint density at radius 3 is 2.16 bits per heavy atom. The van der Waals surface area contributed by atoms with Crippen LogP contribution in [0.25, 0.3) is 10.9 Å². The van der Waals surface area contributed by atoms with E-state index in [0.29, 0.717) is 11.2 Å². The first kappa shape index (κ1) is 27.1. The first-order chi connectivity index (χ1) is 17.8. The molecule has 0 spiro atoms. The van der Waals surface area contributed by atoms with Crippen molar-refractivity contribution in [1.29, 1.82) is 0 Å². The smallest absolute Gasteiger partial charge is 0.421 e. The lowest BCUT2D eigenvalue weighted by Crippen LogP contribution is -2.46. The first-order valence-electron chi connectivity index (χ1n) is 12.8. The lowest BCUT2D eigenvalue weighted by molar-refractivity contribution is -0.122. The number of imide groups is 1. The van der Waals surface area contributed by atoms with Crippen LogP contribution in [0.1, 0.15) is 53.0 Å². The van der Waals surface area contributed by atoms with Crippen molar-refractivity contribution >= 4 is 34.7 Å². The highest BCUT2D eigenvalue weighted by Gasteiger charge is 2.45. The number of amides is 3. The van der Waals surface area contributed by atoms with Gasteiger partial charge in [-0.05, 0) is 59.2 Å². The van der Waals surface area contributed by atoms with Crippen molar-refractivity contribution in [1.82, 2.24) is 9.88 Å². The third-order valence-corrected chi connectivity index (χ3v) is 6.17. The van der Waals surface area contributed by atoms with Crippen LogP contribution in [0.4, 0.5) is 15.3 Å². The Morgan fingerprint density at radius 1 is 0.842 bits per heavy atom. The molecule has 4 rings (SSSR count). The van der Waals surface area contributed by atoms with Gasteiger partial charge in [-0.15, -0.1) is 0 Å². The molecule has 8 heteroatoms. The number of benzene rings is 2. The standard InChI is InChI=1S/C30H35N3O5/c1-29(2,3)37-27(35)32-18-22(20-12-8-7-9-13-20)23(19-32)26(34)33(28(36)38-30(4,5)6)24-16-10-14-21-15-11-17-31-25(21)24/h7-17,22-23H,18-19H2,1-6H3. The molecule has 1 aliphatic heterocycles. The Hall–Kier alpha value is -3.94. The van der Waals surface area contributed by atoms with Gasteiger partial charge in [0.15, 0.2) is 0 Å². The number of nitrogens with zero attached hydrogens (tertiary/aromatic N) is 3. The summed E-state index contributed by atoms with van der Waals surface area (Å²) >= 11 is 0. The molecule has 2 atom stereocenters. The number of pyridine rings is 1. The minimum absolute atomic E-state index is 0.102. The molecule has 3 amide bonds. The number of carbonyl (C=O) groups is 3. The molecule has 200 valence electrons. The fourth-order valence-corrected chi connectivity index (χ4v) is 4.62. The fraction of sp³-hybridized carbons (Fsp3) is 0.400. The average molecular weight is 518 g/mol. The summed E-state index contributed by atoms with van der Waals surface area (Å²) in [5.41, 5.74) is 0.234. The summed E-state index contributed by atoms with van der Waals surface area (Å²) in [5, 5.41) is 0.785. The van der Waals surface area contributed by atoms with E-state index < -0.39 is 35.2 Å². The van der Waals surface area contributed by atoms with Crippen LogP contribution < -0.4 is 4.90 Å². The molecule has 0 saturated carbocycles. The van der Waals surface area contributed by atoms with Gasteiger partial charge in [0.25, 0.3) is 0 Å². The third kappa shape index (κ3) is 6.13. The SMILES string of the molecule is CC(C)(C)OC(=O)N1CC(C(=O)N(C(=O)OC(C)(C)C)c2cccc3cccnc23)C(c2ccccc2)C1. The van der Waals surface area contributed by atoms with Gasteiger partial charge >= 0.3 is 12.2 Å². The van der Waals surface area contributed by atoms with Crippen molar-refractivity contribution in [3.8, 4) is 0 Å². The molecular formula is C30H35N3O5. The van der Waals surface area contributed by atoms with Crippen LogP contribution in [-0.2, 0) is 14.3 Å². The Bertz CT molecular complexity index is 1320. The van der Waals surface area contributed by atoms with Crippen LogP contribution in [0.15, 0.2) is 66.9 Å². The van der Waals surface area contributed by atoms with Crippen molar-refractivity contribution in [3.05, 3.63) is 72.4 Å². The molecule has 0 aliphatic carbocycles. The summed E-state index contributed by atoms with van der Waals surface area (Å²) in [6.45, 7) is 11.0. The quantitative estimate of drug-likeness (QED) is 0.414. The van der Waals surface area contributed by atoms with Crippen molar-refractivity contribution < 1.29 is 23.9 Å². The van der Waals surface area contributed by atoms with E-state index in [4.69, 9.17) is 9.47 Å². The van der Waals surface area contributed by atoms with E-state index in [0.717, 1.165) is 15.8 Å². The van der Waals surface area contributed by atoms with Gasteiger partial charge in [-0.1, -0.05) is 48.5 Å². The van der Waals surface area contributed by atoms with Gasteiger partial charge in [-0.3, -0.25) is 9.78 Å². The zero-order chi connectivity index (χ0) is 27.7. The molecule has 1 aromatic heterocycles. The second-order valence-electron chi connectivity index (χ2n) is 11.5. The number of hydrogen-bond acceptors (Lipinski definition) is 6. The monoisotopic (exact) mass is 517 g/mol. The van der Waals surface area contributed by atoms with E-state index in [1.54, 1.807) is 70.8 Å². The van der Waals surface area contributed by atoms with Crippen LogP contribution in [-0.4, -0.2) is 52.3 Å². The Labute approximate surface area is 223 Å². The summed E-state index contributed by atoms with van der Waals surface area (Å²) in [5.74, 6) is -1.52. The number of likely N-dealkylation sites (tertiary alicyclic amines) is 1. The third-order valence-electron chi connectivity index (χ3n) is 6.17. The molecule has 8 nitrogen and oxygen atoms in total. The van der Waals surface area contributed by atoms with Crippen LogP contribution in [0, 0.1) is 5.92 Å². The number of rotatable bonds is 3. The normalized spacial score (nSPS) is 17.8. The number of anilines is 1. The number of para-hydroxylation sites is 1. The first-order valence-corrected chi connectivity index (χ1v) is 12.8. The molecule has 0 N–H and O–H groups in total. The second-order valence-corrected chi connectivity index (χ2v) is 11.5. The molecule has 1 aliphatic rings. The Balaban J connectivity index is 1.78. The predicted octanol–water partition coefficient (Wildman–Crippen LogP) is 6.15. The number of ether oxygens (including phenoxy) is 2. The highest BCUT2D eigenvalue weighted by atomic mass is 16.6. The fourth-order valence-electron chi connectivity index (χ4n) is 4.62. The molecular weight excluding hydrogens is 482 g/mol. The van der Waals surface area contributed by atoms with Gasteiger partial charge in [0.05, 0.1) is 17.1 Å². The van der Waals surface area contributed by atoms with E-state index in [2.05, 4.69) is 4.98 Å². The summed E-state index contributed by atoms with van der Waals surface area (Å²) in [6, 6.07) is 18.6. The van der Waals surface area contributed by atoms with E-state index in [-0.39, 0.29) is 19.0 Å². The highest BCUT2D eigenvalue weighted by molar-refractivity contribution is 6.17. The van der Waals surface area contributed by atoms with E-state index in [1.807, 2.05) is 42.5 Å². The zero-order valence-electron chi connectivity index (χ0n) is 22.8. The van der Waals surface area contributed by atoms with Gasteiger partial charge in [0, 0.05) is 30.6 Å². The van der Waals surface area contributed by atoms with E-state index in [1.165, 1.54) is 0 Å². The Kier molecular flexibility index (Phi) is 7.44. The van der Waals surface area contributed by atoms with Crippen molar-refractivity contribution in [2.75, 3.05) is 18.0 Å². The molecule has 1 fully saturated rings. The lowest BCUT2D eigenvalue weighted by atomic mass is 9.88. The van der Waals surface area contributed by atoms with Crippen LogP contribution in [0.5, 0.6) is 0 Å². The van der Waals surface area contributed by atoms with Gasteiger partial charge in [0.1, 0.15) is 11.2 Å². The van der Waals surface area contributed by atoms with Gasteiger partial charge < -0.3 is 14.4 Å². The topological polar surface area (TPSA) is 89.0 Å². The molecule has 2 unspecified atom stereocenters. The van der Waals surface area contributed by atoms with Gasteiger partial charge in [0.2, 0.25) is 5.91 Å². The van der Waals surface area contributed by atoms with Gasteiger partial charge in [-0.25, -0.2) is 14.5 Å². The lowest BCUT2D eigenvalue weighted by Gasteiger charge is -2.29. The van der Waals surface area contributed by atoms with Crippen LogP contribution >= 0.6 is 0 Å². The molecule has 3 aromatic rings. The molecule has 0 bridgehead atoms. The zero-order valence-corrected chi connectivity index (χ0v) is 22.8. The number of carbonyl (C=O) groups excluding carboxylic acids is 3. The number of fused-ring (bicyclic) bond motifs is 1. The van der Waals surface area contributed by atoms with E-state index in [9.17, 15) is 14.4 Å². The molecule has 38 heavy (non-hydrogen) atoms. The summed E-state index contributed by atoms with van der Waals surface area (Å²) in [4.78, 5) is 48.1. The molecule has 0 radical (unpaired) electrons. The van der Waals surface area contributed by atoms with Crippen molar-refractivity contribution in [2.45, 2.75) is 58.7 Å². The van der Waals surface area contributed by atoms with Crippen LogP contribution in [0.3, 0.4) is 0 Å². The summed E-state index contributed by atoms with van der Waals surface area (Å²) in [6.07, 6.45) is 0.337. The Morgan fingerprint density at radius 2 is 1.50 bits per heavy atom. The highest BCUT2D eigenvalue weighted by Crippen LogP contribution is 2.37. The van der Waals surface area contributed by atoms with E-state index >= 15 is 0 Å². The summed E-state index contributed by atoms with van der Waals surface area (Å²) < 4.78 is 11.3. The van der Waals surface area contributed by atoms with Crippen molar-refractivity contribution in [3.63, 3.8) is 0 Å².